The Kier molecular flexibility index (Phi) is 4.02. The van der Waals surface area contributed by atoms with Crippen molar-refractivity contribution in [2.45, 2.75) is 26.4 Å². The van der Waals surface area contributed by atoms with E-state index in [0.717, 1.165) is 16.8 Å². The molecule has 0 aliphatic heterocycles. The van der Waals surface area contributed by atoms with Gasteiger partial charge in [-0.15, -0.1) is 0 Å². The number of aryl methyl sites for hydroxylation is 1. The number of furan rings is 1. The lowest BCUT2D eigenvalue weighted by Crippen LogP contribution is -2.17. The van der Waals surface area contributed by atoms with Crippen LogP contribution >= 0.6 is 15.9 Å². The molecule has 0 radical (unpaired) electrons. The second kappa shape index (κ2) is 5.52. The molecule has 0 aliphatic rings. The van der Waals surface area contributed by atoms with E-state index < -0.39 is 0 Å². The Hall–Kier alpha value is -1.06. The zero-order chi connectivity index (χ0) is 12.3. The van der Waals surface area contributed by atoms with Gasteiger partial charge in [0.1, 0.15) is 5.76 Å². The summed E-state index contributed by atoms with van der Waals surface area (Å²) in [6.07, 6.45) is 1.70. The molecule has 1 aromatic carbocycles. The number of halogens is 1. The van der Waals surface area contributed by atoms with Crippen LogP contribution in [0.15, 0.2) is 45.5 Å². The third-order valence-corrected chi connectivity index (χ3v) is 3.67. The molecule has 1 heterocycles. The van der Waals surface area contributed by atoms with Crippen LogP contribution in [-0.4, -0.2) is 0 Å². The van der Waals surface area contributed by atoms with E-state index in [0.29, 0.717) is 0 Å². The van der Waals surface area contributed by atoms with E-state index in [1.807, 2.05) is 12.1 Å². The van der Waals surface area contributed by atoms with Crippen LogP contribution in [0.4, 0.5) is 0 Å². The summed E-state index contributed by atoms with van der Waals surface area (Å²) in [4.78, 5) is 0. The average Bonchev–Trinajstić information content (AvgIpc) is 2.84. The lowest BCUT2D eigenvalue weighted by molar-refractivity contribution is 0.430. The van der Waals surface area contributed by atoms with Crippen molar-refractivity contribution in [1.82, 2.24) is 5.32 Å². The van der Waals surface area contributed by atoms with Gasteiger partial charge in [-0.2, -0.15) is 0 Å². The highest BCUT2D eigenvalue weighted by molar-refractivity contribution is 9.10. The van der Waals surface area contributed by atoms with Gasteiger partial charge in [0.05, 0.1) is 12.3 Å². The third-order valence-electron chi connectivity index (χ3n) is 2.82. The van der Waals surface area contributed by atoms with E-state index in [9.17, 15) is 0 Å². The molecule has 0 bridgehead atoms. The van der Waals surface area contributed by atoms with Gasteiger partial charge >= 0.3 is 0 Å². The van der Waals surface area contributed by atoms with Gasteiger partial charge in [-0.25, -0.2) is 0 Å². The second-order valence-corrected chi connectivity index (χ2v) is 5.06. The summed E-state index contributed by atoms with van der Waals surface area (Å²) < 4.78 is 6.51. The minimum Gasteiger partial charge on any atom is -0.468 e. The molecular formula is C14H16BrNO. The van der Waals surface area contributed by atoms with Gasteiger partial charge < -0.3 is 9.73 Å². The maximum absolute atomic E-state index is 5.35. The predicted molar refractivity (Wildman–Crippen MR) is 72.8 cm³/mol. The Morgan fingerprint density at radius 1 is 1.35 bits per heavy atom. The van der Waals surface area contributed by atoms with Crippen molar-refractivity contribution < 1.29 is 4.42 Å². The van der Waals surface area contributed by atoms with Crippen molar-refractivity contribution in [3.8, 4) is 0 Å². The molecule has 1 atom stereocenters. The third kappa shape index (κ3) is 3.20. The molecule has 17 heavy (non-hydrogen) atoms. The fraction of sp³-hybridized carbons (Fsp3) is 0.286. The highest BCUT2D eigenvalue weighted by Gasteiger charge is 2.07. The minimum atomic E-state index is 0.227. The quantitative estimate of drug-likeness (QED) is 0.914. The van der Waals surface area contributed by atoms with Gasteiger partial charge in [-0.05, 0) is 43.2 Å². The first-order chi connectivity index (χ1) is 8.16. The van der Waals surface area contributed by atoms with Gasteiger partial charge in [-0.3, -0.25) is 0 Å². The first-order valence-corrected chi connectivity index (χ1v) is 6.48. The molecular weight excluding hydrogens is 278 g/mol. The summed E-state index contributed by atoms with van der Waals surface area (Å²) in [7, 11) is 0. The summed E-state index contributed by atoms with van der Waals surface area (Å²) >= 11 is 3.55. The van der Waals surface area contributed by atoms with Crippen LogP contribution in [-0.2, 0) is 6.54 Å². The largest absolute Gasteiger partial charge is 0.468 e. The van der Waals surface area contributed by atoms with Crippen molar-refractivity contribution in [2.75, 3.05) is 0 Å². The van der Waals surface area contributed by atoms with Gasteiger partial charge in [0.15, 0.2) is 0 Å². The molecule has 2 nitrogen and oxygen atoms in total. The van der Waals surface area contributed by atoms with Crippen molar-refractivity contribution in [1.29, 1.82) is 0 Å². The zero-order valence-electron chi connectivity index (χ0n) is 10.0. The molecule has 1 aromatic heterocycles. The average molecular weight is 294 g/mol. The summed E-state index contributed by atoms with van der Waals surface area (Å²) in [5.41, 5.74) is 2.52. The van der Waals surface area contributed by atoms with Gasteiger partial charge in [0.2, 0.25) is 0 Å². The molecule has 0 amide bonds. The van der Waals surface area contributed by atoms with Crippen LogP contribution in [0, 0.1) is 6.92 Å². The highest BCUT2D eigenvalue weighted by atomic mass is 79.9. The van der Waals surface area contributed by atoms with E-state index in [2.05, 4.69) is 53.3 Å². The van der Waals surface area contributed by atoms with Gasteiger partial charge in [0.25, 0.3) is 0 Å². The Balaban J connectivity index is 1.96. The monoisotopic (exact) mass is 293 g/mol. The Morgan fingerprint density at radius 3 is 2.82 bits per heavy atom. The van der Waals surface area contributed by atoms with Crippen molar-refractivity contribution >= 4 is 15.9 Å². The van der Waals surface area contributed by atoms with Crippen LogP contribution in [0.1, 0.15) is 29.9 Å². The Bertz CT molecular complexity index is 479. The molecule has 90 valence electrons. The zero-order valence-corrected chi connectivity index (χ0v) is 11.6. The standard InChI is InChI=1S/C14H16BrNO/c1-10-5-6-12(8-13(10)15)9-16-11(2)14-4-3-7-17-14/h3-8,11,16H,9H2,1-2H3. The molecule has 2 aromatic rings. The predicted octanol–water partition coefficient (Wildman–Crippen LogP) is 4.20. The van der Waals surface area contributed by atoms with Gasteiger partial charge in [0, 0.05) is 11.0 Å². The normalized spacial score (nSPS) is 12.6. The van der Waals surface area contributed by atoms with Crippen LogP contribution in [0.5, 0.6) is 0 Å². The molecule has 1 unspecified atom stereocenters. The van der Waals surface area contributed by atoms with E-state index in [1.54, 1.807) is 6.26 Å². The van der Waals surface area contributed by atoms with Crippen molar-refractivity contribution in [3.05, 3.63) is 58.0 Å². The van der Waals surface area contributed by atoms with E-state index >= 15 is 0 Å². The highest BCUT2D eigenvalue weighted by Crippen LogP contribution is 2.18. The number of rotatable bonds is 4. The minimum absolute atomic E-state index is 0.227. The topological polar surface area (TPSA) is 25.2 Å². The molecule has 0 saturated heterocycles. The number of nitrogens with one attached hydrogen (secondary N) is 1. The molecule has 1 N–H and O–H groups in total. The fourth-order valence-corrected chi connectivity index (χ4v) is 2.08. The molecule has 3 heteroatoms. The van der Waals surface area contributed by atoms with E-state index in [-0.39, 0.29) is 6.04 Å². The second-order valence-electron chi connectivity index (χ2n) is 4.20. The SMILES string of the molecule is Cc1ccc(CNC(C)c2ccco2)cc1Br. The smallest absolute Gasteiger partial charge is 0.120 e. The summed E-state index contributed by atoms with van der Waals surface area (Å²) in [6, 6.07) is 10.5. The molecule has 0 saturated carbocycles. The first kappa shape index (κ1) is 12.4. The molecule has 0 aliphatic carbocycles. The molecule has 2 rings (SSSR count). The van der Waals surface area contributed by atoms with Gasteiger partial charge in [-0.1, -0.05) is 28.1 Å². The Labute approximate surface area is 110 Å². The molecule has 0 fully saturated rings. The summed E-state index contributed by atoms with van der Waals surface area (Å²) in [5, 5.41) is 3.43. The van der Waals surface area contributed by atoms with E-state index in [1.165, 1.54) is 11.1 Å². The van der Waals surface area contributed by atoms with Crippen LogP contribution in [0.25, 0.3) is 0 Å². The maximum Gasteiger partial charge on any atom is 0.120 e. The number of hydrogen-bond acceptors (Lipinski definition) is 2. The summed E-state index contributed by atoms with van der Waals surface area (Å²) in [6.45, 7) is 5.02. The summed E-state index contributed by atoms with van der Waals surface area (Å²) in [5.74, 6) is 0.969. The number of hydrogen-bond donors (Lipinski definition) is 1. The van der Waals surface area contributed by atoms with Crippen molar-refractivity contribution in [3.63, 3.8) is 0 Å². The van der Waals surface area contributed by atoms with Crippen LogP contribution in [0.2, 0.25) is 0 Å². The molecule has 0 spiro atoms. The van der Waals surface area contributed by atoms with Crippen LogP contribution < -0.4 is 5.32 Å². The fourth-order valence-electron chi connectivity index (χ4n) is 1.66. The van der Waals surface area contributed by atoms with Crippen molar-refractivity contribution in [2.24, 2.45) is 0 Å². The number of benzene rings is 1. The lowest BCUT2D eigenvalue weighted by Gasteiger charge is -2.11. The Morgan fingerprint density at radius 2 is 2.18 bits per heavy atom. The van der Waals surface area contributed by atoms with Crippen LogP contribution in [0.3, 0.4) is 0 Å². The maximum atomic E-state index is 5.35. The van der Waals surface area contributed by atoms with E-state index in [4.69, 9.17) is 4.42 Å². The first-order valence-electron chi connectivity index (χ1n) is 5.68. The lowest BCUT2D eigenvalue weighted by atomic mass is 10.1.